The van der Waals surface area contributed by atoms with Crippen molar-refractivity contribution >= 4 is 17.3 Å². The SMILES string of the molecule is NC(c1cccs1)C1(C(=O)O)COC1. The monoisotopic (exact) mass is 213 g/mol. The lowest BCUT2D eigenvalue weighted by Gasteiger charge is -2.41. The summed E-state index contributed by atoms with van der Waals surface area (Å²) in [6, 6.07) is 3.27. The van der Waals surface area contributed by atoms with Gasteiger partial charge in [0, 0.05) is 4.88 Å². The van der Waals surface area contributed by atoms with Gasteiger partial charge in [-0.1, -0.05) is 6.07 Å². The summed E-state index contributed by atoms with van der Waals surface area (Å²) in [6.07, 6.45) is 0. The number of hydrogen-bond acceptors (Lipinski definition) is 4. The summed E-state index contributed by atoms with van der Waals surface area (Å²) in [5.41, 5.74) is 5.02. The number of nitrogens with two attached hydrogens (primary N) is 1. The molecule has 0 saturated carbocycles. The van der Waals surface area contributed by atoms with Crippen LogP contribution in [-0.2, 0) is 9.53 Å². The van der Waals surface area contributed by atoms with Crippen molar-refractivity contribution in [2.24, 2.45) is 11.1 Å². The minimum absolute atomic E-state index is 0.210. The fraction of sp³-hybridized carbons (Fsp3) is 0.444. The summed E-state index contributed by atoms with van der Waals surface area (Å²) < 4.78 is 4.96. The number of carbonyl (C=O) groups is 1. The molecule has 2 rings (SSSR count). The molecule has 76 valence electrons. The van der Waals surface area contributed by atoms with Gasteiger partial charge in [0.15, 0.2) is 0 Å². The summed E-state index contributed by atoms with van der Waals surface area (Å²) in [7, 11) is 0. The highest BCUT2D eigenvalue weighted by molar-refractivity contribution is 7.10. The smallest absolute Gasteiger partial charge is 0.316 e. The second kappa shape index (κ2) is 3.34. The Balaban J connectivity index is 2.25. The third kappa shape index (κ3) is 1.25. The fourth-order valence-electron chi connectivity index (χ4n) is 1.50. The number of thiophene rings is 1. The van der Waals surface area contributed by atoms with Gasteiger partial charge < -0.3 is 15.6 Å². The topological polar surface area (TPSA) is 72.6 Å². The van der Waals surface area contributed by atoms with E-state index in [4.69, 9.17) is 15.6 Å². The van der Waals surface area contributed by atoms with Crippen molar-refractivity contribution in [2.45, 2.75) is 6.04 Å². The Bertz CT molecular complexity index is 332. The lowest BCUT2D eigenvalue weighted by atomic mass is 9.78. The van der Waals surface area contributed by atoms with Gasteiger partial charge in [-0.2, -0.15) is 0 Å². The van der Waals surface area contributed by atoms with Crippen LogP contribution in [0, 0.1) is 5.41 Å². The summed E-state index contributed by atoms with van der Waals surface area (Å²) >= 11 is 1.48. The average molecular weight is 213 g/mol. The Hall–Kier alpha value is -0.910. The van der Waals surface area contributed by atoms with Crippen LogP contribution in [0.3, 0.4) is 0 Å². The van der Waals surface area contributed by atoms with Gasteiger partial charge in [0.05, 0.1) is 19.3 Å². The Morgan fingerprint density at radius 3 is 2.79 bits per heavy atom. The molecule has 0 aliphatic carbocycles. The largest absolute Gasteiger partial charge is 0.481 e. The van der Waals surface area contributed by atoms with Crippen LogP contribution in [0.5, 0.6) is 0 Å². The molecule has 1 atom stereocenters. The molecule has 1 aromatic heterocycles. The summed E-state index contributed by atoms with van der Waals surface area (Å²) in [4.78, 5) is 12.0. The predicted octanol–water partition coefficient (Wildman–Crippen LogP) is 0.849. The number of rotatable bonds is 3. The van der Waals surface area contributed by atoms with Crippen molar-refractivity contribution in [3.05, 3.63) is 22.4 Å². The Kier molecular flexibility index (Phi) is 2.30. The first kappa shape index (κ1) is 9.64. The van der Waals surface area contributed by atoms with Crippen molar-refractivity contribution < 1.29 is 14.6 Å². The first-order valence-electron chi connectivity index (χ1n) is 4.27. The zero-order valence-corrected chi connectivity index (χ0v) is 8.29. The van der Waals surface area contributed by atoms with Crippen molar-refractivity contribution in [2.75, 3.05) is 13.2 Å². The molecule has 4 nitrogen and oxygen atoms in total. The minimum atomic E-state index is -0.912. The Morgan fingerprint density at radius 2 is 2.43 bits per heavy atom. The third-order valence-electron chi connectivity index (χ3n) is 2.59. The first-order valence-corrected chi connectivity index (χ1v) is 5.15. The molecule has 3 N–H and O–H groups in total. The summed E-state index contributed by atoms with van der Waals surface area (Å²) in [6.45, 7) is 0.419. The van der Waals surface area contributed by atoms with Crippen molar-refractivity contribution in [1.29, 1.82) is 0 Å². The van der Waals surface area contributed by atoms with E-state index in [2.05, 4.69) is 0 Å². The number of aliphatic carboxylic acids is 1. The van der Waals surface area contributed by atoms with Gasteiger partial charge in [-0.25, -0.2) is 0 Å². The van der Waals surface area contributed by atoms with Crippen LogP contribution in [0.2, 0.25) is 0 Å². The standard InChI is InChI=1S/C9H11NO3S/c10-7(6-2-1-3-14-6)9(8(11)12)4-13-5-9/h1-3,7H,4-5,10H2,(H,11,12). The van der Waals surface area contributed by atoms with Gasteiger partial charge in [0.2, 0.25) is 0 Å². The average Bonchev–Trinajstić information content (AvgIpc) is 2.51. The molecule has 0 spiro atoms. The second-order valence-electron chi connectivity index (χ2n) is 3.45. The first-order chi connectivity index (χ1) is 6.67. The van der Waals surface area contributed by atoms with Crippen molar-refractivity contribution in [1.82, 2.24) is 0 Å². The predicted molar refractivity (Wildman–Crippen MR) is 52.1 cm³/mol. The van der Waals surface area contributed by atoms with Gasteiger partial charge in [-0.05, 0) is 11.4 Å². The zero-order valence-electron chi connectivity index (χ0n) is 7.47. The molecule has 0 amide bonds. The van der Waals surface area contributed by atoms with Gasteiger partial charge in [0.1, 0.15) is 5.41 Å². The van der Waals surface area contributed by atoms with E-state index in [1.165, 1.54) is 11.3 Å². The van der Waals surface area contributed by atoms with Crippen LogP contribution in [-0.4, -0.2) is 24.3 Å². The summed E-state index contributed by atoms with van der Waals surface area (Å²) in [5, 5.41) is 11.0. The molecule has 0 aromatic carbocycles. The second-order valence-corrected chi connectivity index (χ2v) is 4.43. The van der Waals surface area contributed by atoms with E-state index in [9.17, 15) is 4.79 Å². The molecular weight excluding hydrogens is 202 g/mol. The molecule has 1 fully saturated rings. The Labute approximate surface area is 85.3 Å². The van der Waals surface area contributed by atoms with Gasteiger partial charge in [0.25, 0.3) is 0 Å². The zero-order chi connectivity index (χ0) is 10.2. The summed E-state index contributed by atoms with van der Waals surface area (Å²) in [5.74, 6) is -0.871. The van der Waals surface area contributed by atoms with Crippen molar-refractivity contribution in [3.63, 3.8) is 0 Å². The van der Waals surface area contributed by atoms with E-state index in [0.29, 0.717) is 0 Å². The molecule has 2 heterocycles. The lowest BCUT2D eigenvalue weighted by molar-refractivity contribution is -0.184. The molecule has 14 heavy (non-hydrogen) atoms. The van der Waals surface area contributed by atoms with E-state index in [1.54, 1.807) is 0 Å². The van der Waals surface area contributed by atoms with E-state index in [-0.39, 0.29) is 13.2 Å². The maximum Gasteiger partial charge on any atom is 0.316 e. The Morgan fingerprint density at radius 1 is 1.71 bits per heavy atom. The maximum absolute atomic E-state index is 11.1. The molecule has 1 unspecified atom stereocenters. The molecular formula is C9H11NO3S. The quantitative estimate of drug-likeness (QED) is 0.780. The van der Waals surface area contributed by atoms with Gasteiger partial charge in [-0.15, -0.1) is 11.3 Å². The van der Waals surface area contributed by atoms with Crippen LogP contribution in [0.15, 0.2) is 17.5 Å². The number of ether oxygens (including phenoxy) is 1. The van der Waals surface area contributed by atoms with Crippen LogP contribution in [0.25, 0.3) is 0 Å². The van der Waals surface area contributed by atoms with E-state index in [0.717, 1.165) is 4.88 Å². The van der Waals surface area contributed by atoms with E-state index in [1.807, 2.05) is 17.5 Å². The van der Waals surface area contributed by atoms with Crippen molar-refractivity contribution in [3.8, 4) is 0 Å². The van der Waals surface area contributed by atoms with Gasteiger partial charge >= 0.3 is 5.97 Å². The minimum Gasteiger partial charge on any atom is -0.481 e. The van der Waals surface area contributed by atoms with Crippen LogP contribution in [0.4, 0.5) is 0 Å². The van der Waals surface area contributed by atoms with E-state index >= 15 is 0 Å². The van der Waals surface area contributed by atoms with Gasteiger partial charge in [-0.3, -0.25) is 4.79 Å². The molecule has 1 aliphatic heterocycles. The fourth-order valence-corrected chi connectivity index (χ4v) is 2.34. The van der Waals surface area contributed by atoms with Crippen LogP contribution < -0.4 is 5.73 Å². The van der Waals surface area contributed by atoms with Crippen LogP contribution in [0.1, 0.15) is 10.9 Å². The molecule has 1 aliphatic rings. The lowest BCUT2D eigenvalue weighted by Crippen LogP contribution is -2.55. The van der Waals surface area contributed by atoms with E-state index < -0.39 is 17.4 Å². The molecule has 1 aromatic rings. The number of carboxylic acids is 1. The molecule has 0 bridgehead atoms. The van der Waals surface area contributed by atoms with Crippen LogP contribution >= 0.6 is 11.3 Å². The maximum atomic E-state index is 11.1. The number of hydrogen-bond donors (Lipinski definition) is 2. The molecule has 1 saturated heterocycles. The highest BCUT2D eigenvalue weighted by Gasteiger charge is 2.52. The third-order valence-corrected chi connectivity index (χ3v) is 3.55. The molecule has 5 heteroatoms. The normalized spacial score (nSPS) is 21.2. The molecule has 0 radical (unpaired) electrons. The highest BCUT2D eigenvalue weighted by atomic mass is 32.1. The number of carboxylic acid groups (broad SMARTS) is 1. The highest BCUT2D eigenvalue weighted by Crippen LogP contribution is 2.40.